The number of nitrogens with zero attached hydrogens (tertiary/aromatic N) is 2. The molecule has 1 aromatic carbocycles. The lowest BCUT2D eigenvalue weighted by molar-refractivity contribution is 0.0972. The first-order chi connectivity index (χ1) is 12.3. The number of imidazole rings is 1. The number of hydrogen-bond donors (Lipinski definition) is 2. The fourth-order valence-electron chi connectivity index (χ4n) is 3.17. The van der Waals surface area contributed by atoms with Crippen molar-refractivity contribution in [3.05, 3.63) is 40.7 Å². The van der Waals surface area contributed by atoms with Gasteiger partial charge in [-0.25, -0.2) is 4.98 Å². The van der Waals surface area contributed by atoms with Crippen LogP contribution >= 0.6 is 17.0 Å². The number of anilines is 1. The maximum atomic E-state index is 13.0. The van der Waals surface area contributed by atoms with Gasteiger partial charge in [0.05, 0.1) is 12.2 Å². The molecule has 2 rings (SSSR count). The van der Waals surface area contributed by atoms with Crippen molar-refractivity contribution in [1.29, 1.82) is 0 Å². The summed E-state index contributed by atoms with van der Waals surface area (Å²) >= 11 is 0. The van der Waals surface area contributed by atoms with Crippen molar-refractivity contribution in [2.75, 3.05) is 5.73 Å². The Kier molecular flexibility index (Phi) is 7.51. The lowest BCUT2D eigenvalue weighted by atomic mass is 9.78. The summed E-state index contributed by atoms with van der Waals surface area (Å²) in [6.45, 7) is 14.4. The van der Waals surface area contributed by atoms with Gasteiger partial charge in [0.15, 0.2) is 5.78 Å². The summed E-state index contributed by atoms with van der Waals surface area (Å²) in [6.07, 6.45) is 3.67. The number of carbonyl (C=O) groups excluding carboxylic acids is 1. The van der Waals surface area contributed by atoms with Crippen LogP contribution in [0.5, 0.6) is 5.75 Å². The fourth-order valence-corrected chi connectivity index (χ4v) is 3.17. The molecule has 0 saturated carbocycles. The number of halogens is 1. The summed E-state index contributed by atoms with van der Waals surface area (Å²) < 4.78 is 1.70. The van der Waals surface area contributed by atoms with E-state index in [-0.39, 0.29) is 45.9 Å². The molecule has 0 aliphatic heterocycles. The zero-order valence-electron chi connectivity index (χ0n) is 18.1. The second-order valence-corrected chi connectivity index (χ2v) is 9.31. The zero-order valence-corrected chi connectivity index (χ0v) is 19.8. The van der Waals surface area contributed by atoms with Crippen molar-refractivity contribution < 1.29 is 9.90 Å². The molecule has 0 atom stereocenters. The number of hydrogen-bond acceptors (Lipinski definition) is 4. The minimum Gasteiger partial charge on any atom is -0.507 e. The lowest BCUT2D eigenvalue weighted by Crippen LogP contribution is -2.20. The molecular weight excluding hydrogens is 418 g/mol. The molecule has 2 aromatic rings. The van der Waals surface area contributed by atoms with E-state index in [4.69, 9.17) is 5.73 Å². The SMILES string of the molecule is Br.CCCc1cn(CC(=O)c2cc(C(C)(C)C)c(O)c(C(C)(C)C)c2)c(N)n1. The van der Waals surface area contributed by atoms with Crippen LogP contribution in [0.25, 0.3) is 0 Å². The number of aromatic nitrogens is 2. The van der Waals surface area contributed by atoms with Crippen molar-refractivity contribution in [3.8, 4) is 5.75 Å². The predicted molar refractivity (Wildman–Crippen MR) is 121 cm³/mol. The monoisotopic (exact) mass is 451 g/mol. The third-order valence-electron chi connectivity index (χ3n) is 4.73. The average Bonchev–Trinajstić information content (AvgIpc) is 2.85. The Bertz CT molecular complexity index is 807. The van der Waals surface area contributed by atoms with Crippen LogP contribution in [-0.4, -0.2) is 20.4 Å². The Morgan fingerprint density at radius 1 is 1.11 bits per heavy atom. The molecule has 6 heteroatoms. The predicted octanol–water partition coefficient (Wildman–Crippen LogP) is 5.18. The molecule has 156 valence electrons. The van der Waals surface area contributed by atoms with Gasteiger partial charge in [-0.15, -0.1) is 17.0 Å². The van der Waals surface area contributed by atoms with Gasteiger partial charge in [-0.3, -0.25) is 4.79 Å². The van der Waals surface area contributed by atoms with E-state index in [0.717, 1.165) is 29.7 Å². The second-order valence-electron chi connectivity index (χ2n) is 9.31. The zero-order chi connectivity index (χ0) is 20.6. The van der Waals surface area contributed by atoms with E-state index in [0.29, 0.717) is 11.5 Å². The van der Waals surface area contributed by atoms with Gasteiger partial charge in [-0.05, 0) is 29.4 Å². The van der Waals surface area contributed by atoms with E-state index in [1.807, 2.05) is 59.9 Å². The number of rotatable bonds is 5. The summed E-state index contributed by atoms with van der Waals surface area (Å²) in [5.74, 6) is 0.592. The largest absolute Gasteiger partial charge is 0.507 e. The van der Waals surface area contributed by atoms with Gasteiger partial charge in [0.25, 0.3) is 0 Å². The lowest BCUT2D eigenvalue weighted by Gasteiger charge is -2.28. The minimum absolute atomic E-state index is 0. The van der Waals surface area contributed by atoms with Crippen LogP contribution in [0.3, 0.4) is 0 Å². The Morgan fingerprint density at radius 3 is 2.04 bits per heavy atom. The first kappa shape index (κ1) is 24.2. The number of ketones is 1. The van der Waals surface area contributed by atoms with Crippen LogP contribution in [0.15, 0.2) is 18.3 Å². The Labute approximate surface area is 179 Å². The third-order valence-corrected chi connectivity index (χ3v) is 4.73. The molecule has 5 nitrogen and oxygen atoms in total. The molecule has 0 bridgehead atoms. The highest BCUT2D eigenvalue weighted by atomic mass is 79.9. The number of carbonyl (C=O) groups is 1. The number of aromatic hydroxyl groups is 1. The molecule has 28 heavy (non-hydrogen) atoms. The molecule has 0 aliphatic carbocycles. The van der Waals surface area contributed by atoms with E-state index in [1.165, 1.54) is 0 Å². The van der Waals surface area contributed by atoms with Gasteiger partial charge >= 0.3 is 0 Å². The van der Waals surface area contributed by atoms with Crippen molar-refractivity contribution >= 4 is 28.7 Å². The normalized spacial score (nSPS) is 12.0. The first-order valence-electron chi connectivity index (χ1n) is 9.57. The average molecular weight is 452 g/mol. The van der Waals surface area contributed by atoms with Crippen LogP contribution in [-0.2, 0) is 23.8 Å². The summed E-state index contributed by atoms with van der Waals surface area (Å²) in [5.41, 5.74) is 8.48. The number of nitrogens with two attached hydrogens (primary N) is 1. The van der Waals surface area contributed by atoms with Gasteiger partial charge in [0.1, 0.15) is 5.75 Å². The van der Waals surface area contributed by atoms with Crippen LogP contribution in [0.1, 0.15) is 82.1 Å². The van der Waals surface area contributed by atoms with Crippen LogP contribution < -0.4 is 5.73 Å². The summed E-state index contributed by atoms with van der Waals surface area (Å²) in [4.78, 5) is 17.3. The van der Waals surface area contributed by atoms with E-state index >= 15 is 0 Å². The van der Waals surface area contributed by atoms with Crippen molar-refractivity contribution in [2.45, 2.75) is 78.7 Å². The molecule has 0 fully saturated rings. The van der Waals surface area contributed by atoms with Gasteiger partial charge in [0.2, 0.25) is 5.95 Å². The fraction of sp³-hybridized carbons (Fsp3) is 0.545. The van der Waals surface area contributed by atoms with Gasteiger partial charge < -0.3 is 15.4 Å². The number of aryl methyl sites for hydroxylation is 1. The minimum atomic E-state index is -0.275. The standard InChI is InChI=1S/C22H33N3O2.BrH/c1-8-9-15-12-25(20(23)24-15)13-18(26)14-10-16(21(2,3)4)19(27)17(11-14)22(5,6)7;/h10-12,27H,8-9,13H2,1-7H3,(H2,23,24);1H. The number of nitrogen functional groups attached to an aromatic ring is 1. The van der Waals surface area contributed by atoms with Gasteiger partial charge in [-0.1, -0.05) is 54.9 Å². The van der Waals surface area contributed by atoms with Crippen molar-refractivity contribution in [2.24, 2.45) is 0 Å². The molecule has 0 radical (unpaired) electrons. The number of phenols is 1. The van der Waals surface area contributed by atoms with Crippen LogP contribution in [0, 0.1) is 0 Å². The maximum absolute atomic E-state index is 13.0. The number of Topliss-reactive ketones (excluding diaryl/α,β-unsaturated/α-hetero) is 1. The molecule has 0 spiro atoms. The number of phenolic OH excluding ortho intramolecular Hbond substituents is 1. The smallest absolute Gasteiger partial charge is 0.200 e. The third kappa shape index (κ3) is 5.37. The molecular formula is C22H34BrN3O2. The highest BCUT2D eigenvalue weighted by Gasteiger charge is 2.28. The Hall–Kier alpha value is -1.82. The summed E-state index contributed by atoms with van der Waals surface area (Å²) in [7, 11) is 0. The molecule has 1 aromatic heterocycles. The van der Waals surface area contributed by atoms with Gasteiger partial charge in [-0.2, -0.15) is 0 Å². The van der Waals surface area contributed by atoms with Crippen LogP contribution in [0.4, 0.5) is 5.95 Å². The van der Waals surface area contributed by atoms with E-state index in [1.54, 1.807) is 4.57 Å². The summed E-state index contributed by atoms with van der Waals surface area (Å²) in [6, 6.07) is 3.62. The van der Waals surface area contributed by atoms with E-state index in [9.17, 15) is 9.90 Å². The Morgan fingerprint density at radius 2 is 1.61 bits per heavy atom. The molecule has 0 aliphatic rings. The summed E-state index contributed by atoms with van der Waals surface area (Å²) in [5, 5.41) is 10.8. The highest BCUT2D eigenvalue weighted by Crippen LogP contribution is 2.39. The van der Waals surface area contributed by atoms with Crippen molar-refractivity contribution in [3.63, 3.8) is 0 Å². The van der Waals surface area contributed by atoms with Gasteiger partial charge in [0, 0.05) is 22.9 Å². The first-order valence-corrected chi connectivity index (χ1v) is 9.57. The van der Waals surface area contributed by atoms with Crippen LogP contribution in [0.2, 0.25) is 0 Å². The van der Waals surface area contributed by atoms with E-state index in [2.05, 4.69) is 11.9 Å². The number of benzene rings is 1. The molecule has 1 heterocycles. The highest BCUT2D eigenvalue weighted by molar-refractivity contribution is 8.93. The quantitative estimate of drug-likeness (QED) is 0.613. The van der Waals surface area contributed by atoms with Crippen molar-refractivity contribution in [1.82, 2.24) is 9.55 Å². The topological polar surface area (TPSA) is 81.1 Å². The Balaban J connectivity index is 0.00000392. The molecule has 0 saturated heterocycles. The second kappa shape index (κ2) is 8.68. The molecule has 0 unspecified atom stereocenters. The van der Waals surface area contributed by atoms with E-state index < -0.39 is 0 Å². The molecule has 3 N–H and O–H groups in total. The molecule has 0 amide bonds. The maximum Gasteiger partial charge on any atom is 0.200 e.